The van der Waals surface area contributed by atoms with E-state index in [4.69, 9.17) is 16.0 Å². The second kappa shape index (κ2) is 7.02. The molecule has 0 fully saturated rings. The topological polar surface area (TPSA) is 79.4 Å². The van der Waals surface area contributed by atoms with Crippen molar-refractivity contribution in [3.63, 3.8) is 0 Å². The van der Waals surface area contributed by atoms with E-state index in [-0.39, 0.29) is 29.5 Å². The van der Waals surface area contributed by atoms with Gasteiger partial charge in [-0.05, 0) is 17.7 Å². The van der Waals surface area contributed by atoms with Crippen LogP contribution in [0.2, 0.25) is 5.15 Å². The molecule has 0 unspecified atom stereocenters. The zero-order chi connectivity index (χ0) is 21.8. The minimum absolute atomic E-state index is 0.187. The molecule has 0 aliphatic carbocycles. The van der Waals surface area contributed by atoms with E-state index in [2.05, 4.69) is 15.2 Å². The Morgan fingerprint density at radius 3 is 2.77 bits per heavy atom. The van der Waals surface area contributed by atoms with Crippen LogP contribution in [0.25, 0.3) is 22.3 Å². The number of nitrogens with zero attached hydrogens (tertiary/aromatic N) is 4. The van der Waals surface area contributed by atoms with Crippen LogP contribution in [0.1, 0.15) is 21.6 Å². The van der Waals surface area contributed by atoms with E-state index in [0.717, 1.165) is 21.6 Å². The zero-order valence-corrected chi connectivity index (χ0v) is 16.4. The first kappa shape index (κ1) is 19.4. The molecule has 11 heteroatoms. The number of aromatic nitrogens is 4. The van der Waals surface area contributed by atoms with Crippen molar-refractivity contribution in [2.75, 3.05) is 13.1 Å². The van der Waals surface area contributed by atoms with E-state index >= 15 is 0 Å². The van der Waals surface area contributed by atoms with Crippen molar-refractivity contribution in [1.29, 1.82) is 0 Å². The number of amides is 1. The van der Waals surface area contributed by atoms with Crippen LogP contribution in [0.15, 0.2) is 53.7 Å². The third kappa shape index (κ3) is 3.28. The van der Waals surface area contributed by atoms with E-state index in [9.17, 15) is 18.0 Å². The molecule has 1 aliphatic heterocycles. The molecule has 5 rings (SSSR count). The molecule has 7 nitrogen and oxygen atoms in total. The van der Waals surface area contributed by atoms with Crippen LogP contribution >= 0.6 is 11.6 Å². The Hall–Kier alpha value is -3.53. The van der Waals surface area contributed by atoms with Gasteiger partial charge in [0.2, 0.25) is 0 Å². The monoisotopic (exact) mass is 447 g/mol. The summed E-state index contributed by atoms with van der Waals surface area (Å²) in [5, 5.41) is 6.14. The number of halogens is 4. The molecule has 1 amide bonds. The SMILES string of the molecule is O=C(c1nc2c(C(F)(F)F)cc(-c3cn[nH]c3)cn2c1Cl)N1CC=C(c2ccoc2)C1. The van der Waals surface area contributed by atoms with Gasteiger partial charge < -0.3 is 9.32 Å². The van der Waals surface area contributed by atoms with Crippen molar-refractivity contribution in [2.45, 2.75) is 6.18 Å². The molecular weight excluding hydrogens is 435 g/mol. The van der Waals surface area contributed by atoms with Crippen molar-refractivity contribution >= 4 is 28.7 Å². The van der Waals surface area contributed by atoms with Gasteiger partial charge in [0.25, 0.3) is 5.91 Å². The standard InChI is InChI=1S/C20H13ClF3N5O2/c21-17-16(19(30)28-3-1-11(8-28)12-2-4-31-10-12)27-18-15(20(22,23)24)5-13(9-29(17)18)14-6-25-26-7-14/h1-2,4-7,9-10H,3,8H2,(H,25,26). The summed E-state index contributed by atoms with van der Waals surface area (Å²) in [7, 11) is 0. The first-order chi connectivity index (χ1) is 14.8. The lowest BCUT2D eigenvalue weighted by molar-refractivity contribution is -0.136. The van der Waals surface area contributed by atoms with Crippen LogP contribution in [-0.4, -0.2) is 43.5 Å². The Morgan fingerprint density at radius 1 is 1.26 bits per heavy atom. The number of furan rings is 1. The van der Waals surface area contributed by atoms with E-state index in [1.807, 2.05) is 6.08 Å². The molecule has 0 aromatic carbocycles. The molecule has 0 atom stereocenters. The van der Waals surface area contributed by atoms with Crippen molar-refractivity contribution in [2.24, 2.45) is 0 Å². The third-order valence-corrected chi connectivity index (χ3v) is 5.46. The second-order valence-electron chi connectivity index (χ2n) is 7.00. The summed E-state index contributed by atoms with van der Waals surface area (Å²) in [5.41, 5.74) is 0.718. The number of imidazole rings is 1. The summed E-state index contributed by atoms with van der Waals surface area (Å²) < 4.78 is 47.4. The highest BCUT2D eigenvalue weighted by atomic mass is 35.5. The van der Waals surface area contributed by atoms with E-state index < -0.39 is 23.3 Å². The fraction of sp³-hybridized carbons (Fsp3) is 0.150. The van der Waals surface area contributed by atoms with Crippen molar-refractivity contribution in [3.8, 4) is 11.1 Å². The molecule has 31 heavy (non-hydrogen) atoms. The Kier molecular flexibility index (Phi) is 4.40. The summed E-state index contributed by atoms with van der Waals surface area (Å²) in [6.45, 7) is 0.560. The number of pyridine rings is 1. The van der Waals surface area contributed by atoms with Gasteiger partial charge in [0, 0.05) is 42.2 Å². The molecule has 4 aromatic heterocycles. The number of fused-ring (bicyclic) bond motifs is 1. The first-order valence-corrected chi connectivity index (χ1v) is 9.49. The van der Waals surface area contributed by atoms with Gasteiger partial charge in [-0.3, -0.25) is 14.3 Å². The zero-order valence-electron chi connectivity index (χ0n) is 15.7. The number of carbonyl (C=O) groups excluding carboxylic acids is 1. The average Bonchev–Trinajstić information content (AvgIpc) is 3.53. The Labute approximate surface area is 177 Å². The van der Waals surface area contributed by atoms with Crippen molar-refractivity contribution in [3.05, 3.63) is 71.3 Å². The molecule has 0 radical (unpaired) electrons. The quantitative estimate of drug-likeness (QED) is 0.500. The molecule has 4 aromatic rings. The third-order valence-electron chi connectivity index (χ3n) is 5.10. The Morgan fingerprint density at radius 2 is 2.10 bits per heavy atom. The smallest absolute Gasteiger partial charge is 0.420 e. The van der Waals surface area contributed by atoms with Gasteiger partial charge in [0.15, 0.2) is 11.3 Å². The summed E-state index contributed by atoms with van der Waals surface area (Å²) in [5.74, 6) is -0.554. The van der Waals surface area contributed by atoms with E-state index in [1.165, 1.54) is 29.8 Å². The normalized spacial score (nSPS) is 14.5. The minimum Gasteiger partial charge on any atom is -0.472 e. The highest BCUT2D eigenvalue weighted by Gasteiger charge is 2.37. The maximum Gasteiger partial charge on any atom is 0.420 e. The van der Waals surface area contributed by atoms with Crippen molar-refractivity contribution < 1.29 is 22.4 Å². The summed E-state index contributed by atoms with van der Waals surface area (Å²) in [4.78, 5) is 18.5. The van der Waals surface area contributed by atoms with Gasteiger partial charge in [-0.15, -0.1) is 0 Å². The molecule has 1 N–H and O–H groups in total. The fourth-order valence-electron chi connectivity index (χ4n) is 3.54. The fourth-order valence-corrected chi connectivity index (χ4v) is 3.80. The van der Waals surface area contributed by atoms with Crippen LogP contribution in [0, 0.1) is 0 Å². The molecular formula is C20H13ClF3N5O2. The van der Waals surface area contributed by atoms with Gasteiger partial charge in [0.1, 0.15) is 5.15 Å². The summed E-state index contributed by atoms with van der Waals surface area (Å²) >= 11 is 6.35. The van der Waals surface area contributed by atoms with Crippen LogP contribution < -0.4 is 0 Å². The maximum atomic E-state index is 13.8. The first-order valence-electron chi connectivity index (χ1n) is 9.12. The Bertz CT molecular complexity index is 1310. The number of H-pyrrole nitrogens is 1. The number of rotatable bonds is 3. The molecule has 0 saturated carbocycles. The largest absolute Gasteiger partial charge is 0.472 e. The number of hydrogen-bond donors (Lipinski definition) is 1. The highest BCUT2D eigenvalue weighted by Crippen LogP contribution is 2.37. The Balaban J connectivity index is 1.56. The summed E-state index contributed by atoms with van der Waals surface area (Å²) in [6.07, 6.45) is 4.50. The van der Waals surface area contributed by atoms with Gasteiger partial charge in [-0.25, -0.2) is 4.98 Å². The van der Waals surface area contributed by atoms with Crippen LogP contribution in [0.5, 0.6) is 0 Å². The number of aromatic amines is 1. The van der Waals surface area contributed by atoms with E-state index in [0.29, 0.717) is 5.56 Å². The lowest BCUT2D eigenvalue weighted by atomic mass is 10.1. The molecule has 5 heterocycles. The van der Waals surface area contributed by atoms with E-state index in [1.54, 1.807) is 12.3 Å². The number of nitrogens with one attached hydrogen (secondary N) is 1. The van der Waals surface area contributed by atoms with Gasteiger partial charge in [-0.2, -0.15) is 18.3 Å². The number of alkyl halides is 3. The predicted molar refractivity (Wildman–Crippen MR) is 105 cm³/mol. The second-order valence-corrected chi connectivity index (χ2v) is 7.36. The predicted octanol–water partition coefficient (Wildman–Crippen LogP) is 4.53. The molecule has 0 bridgehead atoms. The number of hydrogen-bond acceptors (Lipinski definition) is 4. The highest BCUT2D eigenvalue weighted by molar-refractivity contribution is 6.33. The van der Waals surface area contributed by atoms with Gasteiger partial charge >= 0.3 is 6.18 Å². The molecule has 1 aliphatic rings. The average molecular weight is 448 g/mol. The maximum absolute atomic E-state index is 13.8. The minimum atomic E-state index is -4.69. The van der Waals surface area contributed by atoms with Gasteiger partial charge in [-0.1, -0.05) is 17.7 Å². The lowest BCUT2D eigenvalue weighted by Gasteiger charge is -2.14. The van der Waals surface area contributed by atoms with Crippen molar-refractivity contribution in [1.82, 2.24) is 24.5 Å². The van der Waals surface area contributed by atoms with Gasteiger partial charge in [0.05, 0.1) is 24.3 Å². The number of carbonyl (C=O) groups is 1. The summed E-state index contributed by atoms with van der Waals surface area (Å²) in [6, 6.07) is 2.73. The van der Waals surface area contributed by atoms with Crippen LogP contribution in [0.4, 0.5) is 13.2 Å². The van der Waals surface area contributed by atoms with Crippen LogP contribution in [0.3, 0.4) is 0 Å². The lowest BCUT2D eigenvalue weighted by Crippen LogP contribution is -2.29. The molecule has 158 valence electrons. The molecule has 0 saturated heterocycles. The molecule has 0 spiro atoms. The van der Waals surface area contributed by atoms with Crippen LogP contribution in [-0.2, 0) is 6.18 Å².